The Morgan fingerprint density at radius 3 is 2.79 bits per heavy atom. The lowest BCUT2D eigenvalue weighted by Crippen LogP contribution is -2.38. The van der Waals surface area contributed by atoms with Crippen LogP contribution in [0.3, 0.4) is 0 Å². The van der Waals surface area contributed by atoms with Gasteiger partial charge in [0.15, 0.2) is 0 Å². The Morgan fingerprint density at radius 2 is 2.11 bits per heavy atom. The van der Waals surface area contributed by atoms with Gasteiger partial charge in [-0.2, -0.15) is 0 Å². The van der Waals surface area contributed by atoms with Gasteiger partial charge in [-0.15, -0.1) is 0 Å². The highest BCUT2D eigenvalue weighted by molar-refractivity contribution is 5.94. The van der Waals surface area contributed by atoms with Gasteiger partial charge in [0.05, 0.1) is 35.2 Å². The fourth-order valence-electron chi connectivity index (χ4n) is 3.66. The van der Waals surface area contributed by atoms with Crippen LogP contribution >= 0.6 is 0 Å². The molecule has 28 heavy (non-hydrogen) atoms. The van der Waals surface area contributed by atoms with Crippen LogP contribution < -0.4 is 5.32 Å². The maximum absolute atomic E-state index is 12.9. The van der Waals surface area contributed by atoms with E-state index in [2.05, 4.69) is 15.3 Å². The first-order valence-corrected chi connectivity index (χ1v) is 9.57. The molecule has 1 saturated heterocycles. The van der Waals surface area contributed by atoms with E-state index in [4.69, 9.17) is 0 Å². The van der Waals surface area contributed by atoms with E-state index in [1.165, 1.54) is 0 Å². The van der Waals surface area contributed by atoms with Gasteiger partial charge in [0.2, 0.25) is 5.91 Å². The summed E-state index contributed by atoms with van der Waals surface area (Å²) in [5.41, 5.74) is 3.04. The van der Waals surface area contributed by atoms with Crippen molar-refractivity contribution in [2.45, 2.75) is 32.4 Å². The van der Waals surface area contributed by atoms with Crippen LogP contribution in [-0.4, -0.2) is 58.8 Å². The molecule has 0 bridgehead atoms. The van der Waals surface area contributed by atoms with Crippen molar-refractivity contribution in [2.24, 2.45) is 0 Å². The molecular formula is C21H27N5O2. The SMILES string of the molecule is CNC(=O)c1ccc(C2CCCN2C(=O)CN(C)Cc2ccccn2)nc1C. The second kappa shape index (κ2) is 8.93. The largest absolute Gasteiger partial charge is 0.355 e. The van der Waals surface area contributed by atoms with E-state index in [9.17, 15) is 9.59 Å². The van der Waals surface area contributed by atoms with Crippen molar-refractivity contribution in [3.63, 3.8) is 0 Å². The van der Waals surface area contributed by atoms with Crippen molar-refractivity contribution in [3.8, 4) is 0 Å². The number of nitrogens with one attached hydrogen (secondary N) is 1. The number of hydrogen-bond donors (Lipinski definition) is 1. The van der Waals surface area contributed by atoms with Crippen molar-refractivity contribution in [2.75, 3.05) is 27.2 Å². The van der Waals surface area contributed by atoms with Gasteiger partial charge in [0.25, 0.3) is 5.91 Å². The summed E-state index contributed by atoms with van der Waals surface area (Å²) in [5, 5.41) is 2.63. The van der Waals surface area contributed by atoms with Gasteiger partial charge >= 0.3 is 0 Å². The number of hydrogen-bond acceptors (Lipinski definition) is 5. The molecule has 1 unspecified atom stereocenters. The van der Waals surface area contributed by atoms with Crippen LogP contribution in [0.25, 0.3) is 0 Å². The Morgan fingerprint density at radius 1 is 1.29 bits per heavy atom. The molecule has 3 rings (SSSR count). The van der Waals surface area contributed by atoms with Crippen LogP contribution in [0, 0.1) is 6.92 Å². The molecular weight excluding hydrogens is 354 g/mol. The number of nitrogens with zero attached hydrogens (tertiary/aromatic N) is 4. The van der Waals surface area contributed by atoms with Crippen molar-refractivity contribution in [1.82, 2.24) is 25.1 Å². The zero-order valence-corrected chi connectivity index (χ0v) is 16.7. The number of aromatic nitrogens is 2. The minimum absolute atomic E-state index is 0.0341. The second-order valence-electron chi connectivity index (χ2n) is 7.19. The maximum Gasteiger partial charge on any atom is 0.252 e. The van der Waals surface area contributed by atoms with E-state index in [1.807, 2.05) is 48.0 Å². The molecule has 2 aromatic rings. The third kappa shape index (κ3) is 4.54. The van der Waals surface area contributed by atoms with Gasteiger partial charge in [-0.1, -0.05) is 6.07 Å². The topological polar surface area (TPSA) is 78.4 Å². The Hall–Kier alpha value is -2.80. The number of likely N-dealkylation sites (N-methyl/N-ethyl adjacent to an activating group) is 1. The maximum atomic E-state index is 12.9. The molecule has 0 saturated carbocycles. The number of likely N-dealkylation sites (tertiary alicyclic amines) is 1. The van der Waals surface area contributed by atoms with Gasteiger partial charge in [0, 0.05) is 26.3 Å². The molecule has 1 N–H and O–H groups in total. The summed E-state index contributed by atoms with van der Waals surface area (Å²) in [7, 11) is 3.53. The smallest absolute Gasteiger partial charge is 0.252 e. The average molecular weight is 381 g/mol. The summed E-state index contributed by atoms with van der Waals surface area (Å²) in [6.45, 7) is 3.53. The lowest BCUT2D eigenvalue weighted by atomic mass is 10.1. The van der Waals surface area contributed by atoms with Crippen LogP contribution in [0.4, 0.5) is 0 Å². The summed E-state index contributed by atoms with van der Waals surface area (Å²) in [4.78, 5) is 37.6. The molecule has 1 aliphatic heterocycles. The fourth-order valence-corrected chi connectivity index (χ4v) is 3.66. The van der Waals surface area contributed by atoms with Crippen LogP contribution in [0.2, 0.25) is 0 Å². The summed E-state index contributed by atoms with van der Waals surface area (Å²) in [6.07, 6.45) is 3.61. The third-order valence-corrected chi connectivity index (χ3v) is 5.06. The first-order chi connectivity index (χ1) is 13.5. The van der Waals surface area contributed by atoms with Crippen molar-refractivity contribution >= 4 is 11.8 Å². The quantitative estimate of drug-likeness (QED) is 0.827. The first-order valence-electron chi connectivity index (χ1n) is 9.57. The predicted molar refractivity (Wildman–Crippen MR) is 107 cm³/mol. The van der Waals surface area contributed by atoms with Gasteiger partial charge in [-0.25, -0.2) is 0 Å². The molecule has 1 fully saturated rings. The first kappa shape index (κ1) is 19.9. The van der Waals surface area contributed by atoms with Crippen molar-refractivity contribution < 1.29 is 9.59 Å². The van der Waals surface area contributed by atoms with Crippen LogP contribution in [0.15, 0.2) is 36.5 Å². The number of carbonyl (C=O) groups is 2. The van der Waals surface area contributed by atoms with Crippen molar-refractivity contribution in [3.05, 3.63) is 59.2 Å². The highest BCUT2D eigenvalue weighted by Gasteiger charge is 2.31. The van der Waals surface area contributed by atoms with Gasteiger partial charge < -0.3 is 10.2 Å². The molecule has 7 heteroatoms. The number of pyridine rings is 2. The highest BCUT2D eigenvalue weighted by atomic mass is 16.2. The molecule has 2 amide bonds. The van der Waals surface area contributed by atoms with E-state index in [1.54, 1.807) is 19.3 Å². The highest BCUT2D eigenvalue weighted by Crippen LogP contribution is 2.31. The average Bonchev–Trinajstić information content (AvgIpc) is 3.18. The van der Waals surface area contributed by atoms with E-state index in [0.29, 0.717) is 24.3 Å². The molecule has 0 spiro atoms. The van der Waals surface area contributed by atoms with Gasteiger partial charge in [-0.3, -0.25) is 24.5 Å². The molecule has 7 nitrogen and oxygen atoms in total. The Labute approximate surface area is 165 Å². The Kier molecular flexibility index (Phi) is 6.36. The molecule has 1 atom stereocenters. The van der Waals surface area contributed by atoms with E-state index >= 15 is 0 Å². The zero-order chi connectivity index (χ0) is 20.1. The van der Waals surface area contributed by atoms with Gasteiger partial charge in [-0.05, 0) is 51.1 Å². The monoisotopic (exact) mass is 381 g/mol. The third-order valence-electron chi connectivity index (χ3n) is 5.06. The lowest BCUT2D eigenvalue weighted by Gasteiger charge is -2.27. The summed E-state index contributed by atoms with van der Waals surface area (Å²) in [6, 6.07) is 9.42. The zero-order valence-electron chi connectivity index (χ0n) is 16.7. The van der Waals surface area contributed by atoms with Gasteiger partial charge in [0.1, 0.15) is 0 Å². The Balaban J connectivity index is 1.67. The minimum Gasteiger partial charge on any atom is -0.355 e. The second-order valence-corrected chi connectivity index (χ2v) is 7.19. The fraction of sp³-hybridized carbons (Fsp3) is 0.429. The molecule has 0 aromatic carbocycles. The van der Waals surface area contributed by atoms with E-state index in [0.717, 1.165) is 30.8 Å². The molecule has 0 radical (unpaired) electrons. The summed E-state index contributed by atoms with van der Waals surface area (Å²) in [5.74, 6) is -0.0530. The van der Waals surface area contributed by atoms with Crippen LogP contribution in [0.1, 0.15) is 46.3 Å². The Bertz CT molecular complexity index is 840. The number of amides is 2. The van der Waals surface area contributed by atoms with Crippen molar-refractivity contribution in [1.29, 1.82) is 0 Å². The number of aryl methyl sites for hydroxylation is 1. The number of carbonyl (C=O) groups excluding carboxylic acids is 2. The lowest BCUT2D eigenvalue weighted by molar-refractivity contribution is -0.133. The summed E-state index contributed by atoms with van der Waals surface area (Å²) >= 11 is 0. The normalized spacial score (nSPS) is 16.4. The molecule has 0 aliphatic carbocycles. The predicted octanol–water partition coefficient (Wildman–Crippen LogP) is 1.94. The number of rotatable bonds is 6. The molecule has 148 valence electrons. The van der Waals surface area contributed by atoms with Crippen LogP contribution in [0.5, 0.6) is 0 Å². The molecule has 3 heterocycles. The molecule has 2 aromatic heterocycles. The molecule has 1 aliphatic rings. The minimum atomic E-state index is -0.146. The van der Waals surface area contributed by atoms with E-state index in [-0.39, 0.29) is 17.9 Å². The standard InChI is InChI=1S/C21H27N5O2/c1-15-17(21(28)22-2)9-10-18(24-15)19-8-6-12-26(19)20(27)14-25(3)13-16-7-4-5-11-23-16/h4-5,7,9-11,19H,6,8,12-14H2,1-3H3,(H,22,28). The van der Waals surface area contributed by atoms with E-state index < -0.39 is 0 Å². The van der Waals surface area contributed by atoms with Crippen LogP contribution in [-0.2, 0) is 11.3 Å². The summed E-state index contributed by atoms with van der Waals surface area (Å²) < 4.78 is 0.